The highest BCUT2D eigenvalue weighted by atomic mass is 19.2. The van der Waals surface area contributed by atoms with Crippen molar-refractivity contribution in [2.24, 2.45) is 11.7 Å². The monoisotopic (exact) mass is 464 g/mol. The normalized spacial score (nSPS) is 22.9. The lowest BCUT2D eigenvalue weighted by Crippen LogP contribution is -2.52. The summed E-state index contributed by atoms with van der Waals surface area (Å²) in [6.45, 7) is 1.66. The Bertz CT molecular complexity index is 1030. The lowest BCUT2D eigenvalue weighted by molar-refractivity contribution is -0.137. The van der Waals surface area contributed by atoms with Crippen LogP contribution in [0, 0.1) is 30.3 Å². The van der Waals surface area contributed by atoms with Gasteiger partial charge in [-0.15, -0.1) is 0 Å². The second-order valence-electron chi connectivity index (χ2n) is 9.03. The van der Waals surface area contributed by atoms with Crippen molar-refractivity contribution < 1.29 is 27.3 Å². The number of aromatic nitrogens is 1. The number of carbonyl (C=O) groups excluding carboxylic acids is 2. The van der Waals surface area contributed by atoms with Crippen molar-refractivity contribution in [2.75, 3.05) is 6.54 Å². The van der Waals surface area contributed by atoms with Crippen LogP contribution in [0.15, 0.2) is 22.7 Å². The van der Waals surface area contributed by atoms with Crippen molar-refractivity contribution in [1.82, 2.24) is 15.4 Å². The maximum atomic E-state index is 14.0. The summed E-state index contributed by atoms with van der Waals surface area (Å²) >= 11 is 0. The number of aryl methyl sites for hydroxylation is 1. The molecule has 1 aromatic carbocycles. The summed E-state index contributed by atoms with van der Waals surface area (Å²) in [4.78, 5) is 26.8. The van der Waals surface area contributed by atoms with Gasteiger partial charge in [-0.1, -0.05) is 5.16 Å². The number of fused-ring (bicyclic) bond motifs is 2. The molecule has 2 amide bonds. The largest absolute Gasteiger partial charge is 0.361 e. The summed E-state index contributed by atoms with van der Waals surface area (Å²) in [5.74, 6) is -3.14. The SMILES string of the molecule is Cc1cc(CC(=O)NCC(=O)N2C3CCC2CC(C(N)Cc2cc(F)c(F)cc2F)C3)on1. The molecule has 2 aromatic rings. The van der Waals surface area contributed by atoms with Crippen LogP contribution in [0.1, 0.15) is 42.7 Å². The van der Waals surface area contributed by atoms with Crippen molar-refractivity contribution >= 4 is 11.8 Å². The topological polar surface area (TPSA) is 101 Å². The number of nitrogens with zero attached hydrogens (tertiary/aromatic N) is 2. The smallest absolute Gasteiger partial charge is 0.242 e. The van der Waals surface area contributed by atoms with Crippen molar-refractivity contribution in [3.8, 4) is 0 Å². The summed E-state index contributed by atoms with van der Waals surface area (Å²) < 4.78 is 45.7. The molecule has 1 aromatic heterocycles. The highest BCUT2D eigenvalue weighted by molar-refractivity contribution is 5.86. The molecule has 2 aliphatic rings. The molecule has 3 N–H and O–H groups in total. The first-order chi connectivity index (χ1) is 15.7. The molecule has 0 spiro atoms. The standard InChI is InChI=1S/C23H27F3N4O3/c1-12-4-17(33-29-12)9-22(31)28-11-23(32)30-15-2-3-16(30)6-14(5-15)21(27)8-13-7-19(25)20(26)10-18(13)24/h4,7,10,14-16,21H,2-3,5-6,8-9,11,27H2,1H3,(H,28,31). The lowest BCUT2D eigenvalue weighted by Gasteiger charge is -2.41. The Morgan fingerprint density at radius 1 is 1.15 bits per heavy atom. The molecular weight excluding hydrogens is 437 g/mol. The second-order valence-corrected chi connectivity index (χ2v) is 9.03. The molecule has 2 fully saturated rings. The summed E-state index contributed by atoms with van der Waals surface area (Å²) in [5.41, 5.74) is 7.06. The Kier molecular flexibility index (Phi) is 6.73. The predicted molar refractivity (Wildman–Crippen MR) is 112 cm³/mol. The van der Waals surface area contributed by atoms with Crippen molar-refractivity contribution in [3.05, 3.63) is 52.7 Å². The minimum Gasteiger partial charge on any atom is -0.361 e. The number of hydrogen-bond donors (Lipinski definition) is 2. The van der Waals surface area contributed by atoms with Gasteiger partial charge in [0.2, 0.25) is 11.8 Å². The molecule has 10 heteroatoms. The number of amides is 2. The number of nitrogens with two attached hydrogens (primary N) is 1. The number of halogens is 3. The zero-order chi connectivity index (χ0) is 23.7. The van der Waals surface area contributed by atoms with Gasteiger partial charge in [-0.3, -0.25) is 9.59 Å². The van der Waals surface area contributed by atoms with Crippen LogP contribution >= 0.6 is 0 Å². The van der Waals surface area contributed by atoms with Gasteiger partial charge in [-0.05, 0) is 56.6 Å². The first kappa shape index (κ1) is 23.3. The molecule has 2 bridgehead atoms. The van der Waals surface area contributed by atoms with Gasteiger partial charge < -0.3 is 20.5 Å². The third kappa shape index (κ3) is 5.21. The fraction of sp³-hybridized carbons (Fsp3) is 0.522. The van der Waals surface area contributed by atoms with Gasteiger partial charge in [0.25, 0.3) is 0 Å². The van der Waals surface area contributed by atoms with E-state index in [9.17, 15) is 22.8 Å². The number of benzene rings is 1. The zero-order valence-corrected chi connectivity index (χ0v) is 18.3. The van der Waals surface area contributed by atoms with E-state index in [1.807, 2.05) is 4.90 Å². The maximum Gasteiger partial charge on any atom is 0.242 e. The highest BCUT2D eigenvalue weighted by Gasteiger charge is 2.44. The van der Waals surface area contributed by atoms with Gasteiger partial charge in [-0.25, -0.2) is 13.2 Å². The quantitative estimate of drug-likeness (QED) is 0.613. The van der Waals surface area contributed by atoms with E-state index >= 15 is 0 Å². The van der Waals surface area contributed by atoms with E-state index in [0.29, 0.717) is 30.4 Å². The van der Waals surface area contributed by atoms with Crippen LogP contribution < -0.4 is 11.1 Å². The zero-order valence-electron chi connectivity index (χ0n) is 18.3. The Balaban J connectivity index is 1.30. The Morgan fingerprint density at radius 3 is 2.45 bits per heavy atom. The predicted octanol–water partition coefficient (Wildman–Crippen LogP) is 2.40. The van der Waals surface area contributed by atoms with Crippen LogP contribution in [0.25, 0.3) is 0 Å². The molecule has 0 radical (unpaired) electrons. The van der Waals surface area contributed by atoms with Gasteiger partial charge in [-0.2, -0.15) is 0 Å². The van der Waals surface area contributed by atoms with E-state index < -0.39 is 23.5 Å². The van der Waals surface area contributed by atoms with E-state index in [2.05, 4.69) is 10.5 Å². The molecule has 33 heavy (non-hydrogen) atoms. The number of nitrogens with one attached hydrogen (secondary N) is 1. The molecule has 4 rings (SSSR count). The Labute approximate surface area is 189 Å². The molecule has 0 aliphatic carbocycles. The Hall–Kier alpha value is -2.88. The molecule has 7 nitrogen and oxygen atoms in total. The van der Waals surface area contributed by atoms with Gasteiger partial charge in [0.05, 0.1) is 18.7 Å². The number of piperidine rings is 1. The van der Waals surface area contributed by atoms with Crippen molar-refractivity contribution in [2.45, 2.75) is 63.6 Å². The van der Waals surface area contributed by atoms with Crippen LogP contribution in [0.5, 0.6) is 0 Å². The second kappa shape index (κ2) is 9.54. The van der Waals surface area contributed by atoms with Gasteiger partial charge in [0, 0.05) is 30.3 Å². The van der Waals surface area contributed by atoms with Gasteiger partial charge in [0.15, 0.2) is 11.6 Å². The molecule has 3 heterocycles. The summed E-state index contributed by atoms with van der Waals surface area (Å²) in [6, 6.07) is 2.63. The maximum absolute atomic E-state index is 14.0. The van der Waals surface area contributed by atoms with Crippen molar-refractivity contribution in [3.63, 3.8) is 0 Å². The van der Waals surface area contributed by atoms with E-state index in [-0.39, 0.29) is 54.8 Å². The van der Waals surface area contributed by atoms with Crippen molar-refractivity contribution in [1.29, 1.82) is 0 Å². The third-order valence-electron chi connectivity index (χ3n) is 6.66. The van der Waals surface area contributed by atoms with Crippen LogP contribution in [0.2, 0.25) is 0 Å². The van der Waals surface area contributed by atoms with Gasteiger partial charge >= 0.3 is 0 Å². The molecule has 178 valence electrons. The molecule has 3 atom stereocenters. The molecule has 3 unspecified atom stereocenters. The Morgan fingerprint density at radius 2 is 1.82 bits per heavy atom. The van der Waals surface area contributed by atoms with E-state index in [1.165, 1.54) is 0 Å². The van der Waals surface area contributed by atoms with Gasteiger partial charge in [0.1, 0.15) is 11.6 Å². The number of carbonyl (C=O) groups is 2. The summed E-state index contributed by atoms with van der Waals surface area (Å²) in [6.07, 6.45) is 3.09. The summed E-state index contributed by atoms with van der Waals surface area (Å²) in [5, 5.41) is 6.37. The number of hydrogen-bond acceptors (Lipinski definition) is 5. The first-order valence-corrected chi connectivity index (χ1v) is 11.1. The fourth-order valence-electron chi connectivity index (χ4n) is 5.10. The van der Waals surface area contributed by atoms with E-state index in [4.69, 9.17) is 10.3 Å². The van der Waals surface area contributed by atoms with Crippen LogP contribution in [-0.4, -0.2) is 46.5 Å². The summed E-state index contributed by atoms with van der Waals surface area (Å²) in [7, 11) is 0. The molecule has 2 aliphatic heterocycles. The molecular formula is C23H27F3N4O3. The van der Waals surface area contributed by atoms with E-state index in [1.54, 1.807) is 13.0 Å². The molecule has 2 saturated heterocycles. The average Bonchev–Trinajstić information content (AvgIpc) is 3.29. The minimum absolute atomic E-state index is 0.00377. The third-order valence-corrected chi connectivity index (χ3v) is 6.66. The first-order valence-electron chi connectivity index (χ1n) is 11.1. The molecule has 0 saturated carbocycles. The number of rotatable bonds is 7. The minimum atomic E-state index is -1.22. The van der Waals surface area contributed by atoms with Crippen LogP contribution in [0.3, 0.4) is 0 Å². The average molecular weight is 464 g/mol. The highest BCUT2D eigenvalue weighted by Crippen LogP contribution is 2.40. The lowest BCUT2D eigenvalue weighted by atomic mass is 9.82. The van der Waals surface area contributed by atoms with E-state index in [0.717, 1.165) is 18.9 Å². The van der Waals surface area contributed by atoms with Crippen LogP contribution in [-0.2, 0) is 22.4 Å². The van der Waals surface area contributed by atoms with Crippen LogP contribution in [0.4, 0.5) is 13.2 Å². The fourth-order valence-corrected chi connectivity index (χ4v) is 5.10.